The Morgan fingerprint density at radius 1 is 1.19 bits per heavy atom. The second-order valence-electron chi connectivity index (χ2n) is 5.05. The van der Waals surface area contributed by atoms with Crippen molar-refractivity contribution in [2.24, 2.45) is 0 Å². The fourth-order valence-electron chi connectivity index (χ4n) is 2.01. The standard InChI is InChI=1S/C15H15FN4O5S/c1-17-26(24,25)12-6-7-13(14(8-12)20(22)23)18-9-15(21)19-11-4-2-10(16)3-5-11/h2-8,17-18H,9H2,1H3,(H,19,21). The average Bonchev–Trinajstić information content (AvgIpc) is 2.61. The molecule has 0 fully saturated rings. The van der Waals surface area contributed by atoms with E-state index in [-0.39, 0.29) is 17.1 Å². The number of nitro groups is 1. The fourth-order valence-corrected chi connectivity index (χ4v) is 2.76. The monoisotopic (exact) mass is 382 g/mol. The Morgan fingerprint density at radius 3 is 2.42 bits per heavy atom. The average molecular weight is 382 g/mol. The normalized spacial score (nSPS) is 11.0. The molecule has 0 saturated carbocycles. The van der Waals surface area contributed by atoms with Crippen molar-refractivity contribution < 1.29 is 22.5 Å². The zero-order valence-electron chi connectivity index (χ0n) is 13.5. The van der Waals surface area contributed by atoms with E-state index in [9.17, 15) is 27.7 Å². The number of amides is 1. The van der Waals surface area contributed by atoms with Crippen LogP contribution in [-0.2, 0) is 14.8 Å². The Hall–Kier alpha value is -3.05. The second-order valence-corrected chi connectivity index (χ2v) is 6.94. The Bertz CT molecular complexity index is 932. The van der Waals surface area contributed by atoms with Gasteiger partial charge in [-0.2, -0.15) is 0 Å². The molecule has 0 saturated heterocycles. The summed E-state index contributed by atoms with van der Waals surface area (Å²) in [7, 11) is -2.65. The van der Waals surface area contributed by atoms with Crippen molar-refractivity contribution in [1.82, 2.24) is 4.72 Å². The molecule has 0 aromatic heterocycles. The Balaban J connectivity index is 2.12. The summed E-state index contributed by atoms with van der Waals surface area (Å²) in [6, 6.07) is 8.36. The molecular formula is C15H15FN4O5S. The number of nitro benzene ring substituents is 1. The van der Waals surface area contributed by atoms with Gasteiger partial charge in [0.05, 0.1) is 16.4 Å². The first-order valence-corrected chi connectivity index (χ1v) is 8.72. The SMILES string of the molecule is CNS(=O)(=O)c1ccc(NCC(=O)Nc2ccc(F)cc2)c([N+](=O)[O-])c1. The van der Waals surface area contributed by atoms with Crippen LogP contribution in [0.15, 0.2) is 47.4 Å². The third-order valence-electron chi connectivity index (χ3n) is 3.31. The topological polar surface area (TPSA) is 130 Å². The van der Waals surface area contributed by atoms with Crippen molar-refractivity contribution in [3.8, 4) is 0 Å². The highest BCUT2D eigenvalue weighted by Gasteiger charge is 2.20. The molecule has 0 bridgehead atoms. The molecule has 2 aromatic rings. The van der Waals surface area contributed by atoms with E-state index in [0.717, 1.165) is 6.07 Å². The van der Waals surface area contributed by atoms with E-state index in [0.29, 0.717) is 5.69 Å². The Kier molecular flexibility index (Phi) is 5.85. The van der Waals surface area contributed by atoms with Crippen molar-refractivity contribution in [2.45, 2.75) is 4.90 Å². The molecule has 0 heterocycles. The zero-order chi connectivity index (χ0) is 19.3. The van der Waals surface area contributed by atoms with Gasteiger partial charge in [0.2, 0.25) is 15.9 Å². The summed E-state index contributed by atoms with van der Waals surface area (Å²) in [5.41, 5.74) is -0.140. The molecule has 0 atom stereocenters. The molecule has 11 heteroatoms. The lowest BCUT2D eigenvalue weighted by molar-refractivity contribution is -0.384. The first-order chi connectivity index (χ1) is 12.2. The van der Waals surface area contributed by atoms with Crippen LogP contribution in [0.3, 0.4) is 0 Å². The van der Waals surface area contributed by atoms with E-state index in [1.807, 2.05) is 0 Å². The first-order valence-electron chi connectivity index (χ1n) is 7.24. The van der Waals surface area contributed by atoms with Crippen LogP contribution in [0.5, 0.6) is 0 Å². The number of sulfonamides is 1. The van der Waals surface area contributed by atoms with Gasteiger partial charge in [0.25, 0.3) is 5.69 Å². The van der Waals surface area contributed by atoms with Gasteiger partial charge < -0.3 is 10.6 Å². The number of anilines is 2. The van der Waals surface area contributed by atoms with Gasteiger partial charge in [-0.15, -0.1) is 0 Å². The molecule has 2 aromatic carbocycles. The maximum atomic E-state index is 12.8. The molecule has 0 unspecified atom stereocenters. The number of hydrogen-bond acceptors (Lipinski definition) is 6. The fraction of sp³-hybridized carbons (Fsp3) is 0.133. The number of halogens is 1. The number of carbonyl (C=O) groups excluding carboxylic acids is 1. The van der Waals surface area contributed by atoms with E-state index in [4.69, 9.17) is 0 Å². The van der Waals surface area contributed by atoms with Gasteiger partial charge in [-0.05, 0) is 43.4 Å². The summed E-state index contributed by atoms with van der Waals surface area (Å²) >= 11 is 0. The molecule has 0 aliphatic rings. The number of rotatable bonds is 7. The van der Waals surface area contributed by atoms with Crippen molar-refractivity contribution in [1.29, 1.82) is 0 Å². The minimum absolute atomic E-state index is 0.0145. The van der Waals surface area contributed by atoms with Crippen LogP contribution in [-0.4, -0.2) is 32.8 Å². The number of nitrogens with one attached hydrogen (secondary N) is 3. The van der Waals surface area contributed by atoms with Crippen LogP contribution in [0.25, 0.3) is 0 Å². The molecule has 0 aliphatic carbocycles. The van der Waals surface area contributed by atoms with E-state index in [1.165, 1.54) is 43.4 Å². The molecule has 3 N–H and O–H groups in total. The summed E-state index contributed by atoms with van der Waals surface area (Å²) in [6.45, 7) is -0.309. The molecule has 0 aliphatic heterocycles. The maximum Gasteiger partial charge on any atom is 0.293 e. The van der Waals surface area contributed by atoms with Crippen molar-refractivity contribution in [3.63, 3.8) is 0 Å². The largest absolute Gasteiger partial charge is 0.371 e. The van der Waals surface area contributed by atoms with Crippen LogP contribution in [0.2, 0.25) is 0 Å². The van der Waals surface area contributed by atoms with Crippen molar-refractivity contribution >= 4 is 33.0 Å². The molecular weight excluding hydrogens is 367 g/mol. The van der Waals surface area contributed by atoms with E-state index < -0.39 is 32.4 Å². The molecule has 0 radical (unpaired) electrons. The number of benzene rings is 2. The van der Waals surface area contributed by atoms with Crippen molar-refractivity contribution in [2.75, 3.05) is 24.2 Å². The molecule has 26 heavy (non-hydrogen) atoms. The predicted molar refractivity (Wildman–Crippen MR) is 92.9 cm³/mol. The quantitative estimate of drug-likeness (QED) is 0.493. The number of nitrogens with zero attached hydrogens (tertiary/aromatic N) is 1. The number of carbonyl (C=O) groups is 1. The second kappa shape index (κ2) is 7.89. The van der Waals surface area contributed by atoms with Gasteiger partial charge in [0, 0.05) is 11.8 Å². The molecule has 2 rings (SSSR count). The smallest absolute Gasteiger partial charge is 0.293 e. The van der Waals surface area contributed by atoms with E-state index in [1.54, 1.807) is 0 Å². The summed E-state index contributed by atoms with van der Waals surface area (Å²) in [5.74, 6) is -0.966. The Labute approximate surface area is 148 Å². The predicted octanol–water partition coefficient (Wildman–Crippen LogP) is 1.69. The van der Waals surface area contributed by atoms with E-state index in [2.05, 4.69) is 15.4 Å². The van der Waals surface area contributed by atoms with Crippen molar-refractivity contribution in [3.05, 3.63) is 58.4 Å². The lowest BCUT2D eigenvalue weighted by Gasteiger charge is -2.09. The van der Waals surface area contributed by atoms with Crippen LogP contribution >= 0.6 is 0 Å². The van der Waals surface area contributed by atoms with Crippen LogP contribution in [0.1, 0.15) is 0 Å². The van der Waals surface area contributed by atoms with Gasteiger partial charge in [0.1, 0.15) is 11.5 Å². The molecule has 1 amide bonds. The van der Waals surface area contributed by atoms with Crippen LogP contribution in [0.4, 0.5) is 21.5 Å². The van der Waals surface area contributed by atoms with Gasteiger partial charge >= 0.3 is 0 Å². The minimum Gasteiger partial charge on any atom is -0.371 e. The summed E-state index contributed by atoms with van der Waals surface area (Å²) < 4.78 is 38.4. The van der Waals surface area contributed by atoms with Crippen LogP contribution in [0, 0.1) is 15.9 Å². The van der Waals surface area contributed by atoms with Gasteiger partial charge in [-0.1, -0.05) is 0 Å². The minimum atomic E-state index is -3.84. The highest BCUT2D eigenvalue weighted by atomic mass is 32.2. The Morgan fingerprint density at radius 2 is 1.85 bits per heavy atom. The lowest BCUT2D eigenvalue weighted by atomic mass is 10.2. The molecule has 138 valence electrons. The summed E-state index contributed by atoms with van der Waals surface area (Å²) in [4.78, 5) is 22.0. The zero-order valence-corrected chi connectivity index (χ0v) is 14.3. The summed E-state index contributed by atoms with van der Waals surface area (Å²) in [6.07, 6.45) is 0. The van der Waals surface area contributed by atoms with Gasteiger partial charge in [0.15, 0.2) is 0 Å². The van der Waals surface area contributed by atoms with E-state index >= 15 is 0 Å². The molecule has 9 nitrogen and oxygen atoms in total. The first kappa shape index (κ1) is 19.3. The third kappa shape index (κ3) is 4.74. The van der Waals surface area contributed by atoms with Gasteiger partial charge in [-0.25, -0.2) is 17.5 Å². The highest BCUT2D eigenvalue weighted by Crippen LogP contribution is 2.27. The maximum absolute atomic E-state index is 12.8. The molecule has 0 spiro atoms. The lowest BCUT2D eigenvalue weighted by Crippen LogP contribution is -2.22. The van der Waals surface area contributed by atoms with Gasteiger partial charge in [-0.3, -0.25) is 14.9 Å². The van der Waals surface area contributed by atoms with Crippen LogP contribution < -0.4 is 15.4 Å². The third-order valence-corrected chi connectivity index (χ3v) is 4.72. The number of hydrogen-bond donors (Lipinski definition) is 3. The highest BCUT2D eigenvalue weighted by molar-refractivity contribution is 7.89. The summed E-state index contributed by atoms with van der Waals surface area (Å²) in [5, 5.41) is 16.2.